The maximum absolute atomic E-state index is 12.2. The van der Waals surface area contributed by atoms with Gasteiger partial charge in [-0.25, -0.2) is 8.78 Å². The fraction of sp³-hybridized carbons (Fsp3) is 0.727. The molecule has 0 spiro atoms. The zero-order chi connectivity index (χ0) is 14.5. The second kappa shape index (κ2) is 6.94. The number of alkyl halides is 2. The van der Waals surface area contributed by atoms with Crippen molar-refractivity contribution in [1.29, 1.82) is 0 Å². The van der Waals surface area contributed by atoms with Crippen molar-refractivity contribution in [2.75, 3.05) is 29.9 Å². The highest BCUT2D eigenvalue weighted by Gasteiger charge is 2.18. The predicted molar refractivity (Wildman–Crippen MR) is 71.4 cm³/mol. The van der Waals surface area contributed by atoms with Gasteiger partial charge in [0, 0.05) is 19.6 Å². The molecule has 0 radical (unpaired) electrons. The second-order valence-electron chi connectivity index (χ2n) is 4.56. The molecular weight excluding hydrogens is 292 g/mol. The molecule has 0 aliphatic carbocycles. The summed E-state index contributed by atoms with van der Waals surface area (Å²) >= 11 is 5.81. The predicted octanol–water partition coefficient (Wildman–Crippen LogP) is 1.55. The lowest BCUT2D eigenvalue weighted by Gasteiger charge is -2.26. The third kappa shape index (κ3) is 4.11. The van der Waals surface area contributed by atoms with Gasteiger partial charge in [-0.3, -0.25) is 0 Å². The molecule has 1 aliphatic rings. The van der Waals surface area contributed by atoms with Gasteiger partial charge in [0.15, 0.2) is 0 Å². The molecule has 2 rings (SSSR count). The minimum Gasteiger partial charge on any atom is -0.385 e. The van der Waals surface area contributed by atoms with Crippen molar-refractivity contribution >= 4 is 23.5 Å². The molecule has 0 amide bonds. The molecule has 112 valence electrons. The Balaban J connectivity index is 2.04. The van der Waals surface area contributed by atoms with Gasteiger partial charge in [0.1, 0.15) is 6.10 Å². The van der Waals surface area contributed by atoms with Crippen LogP contribution in [0.2, 0.25) is 5.28 Å². The van der Waals surface area contributed by atoms with E-state index in [-0.39, 0.29) is 17.8 Å². The van der Waals surface area contributed by atoms with Gasteiger partial charge in [-0.1, -0.05) is 0 Å². The number of anilines is 2. The van der Waals surface area contributed by atoms with Gasteiger partial charge in [-0.15, -0.1) is 0 Å². The average molecular weight is 308 g/mol. The third-order valence-corrected chi connectivity index (χ3v) is 3.16. The van der Waals surface area contributed by atoms with Crippen molar-refractivity contribution in [3.63, 3.8) is 0 Å². The van der Waals surface area contributed by atoms with Crippen molar-refractivity contribution in [2.24, 2.45) is 0 Å². The summed E-state index contributed by atoms with van der Waals surface area (Å²) in [6.45, 7) is 1.32. The van der Waals surface area contributed by atoms with E-state index in [4.69, 9.17) is 16.7 Å². The van der Waals surface area contributed by atoms with Crippen molar-refractivity contribution in [3.05, 3.63) is 5.28 Å². The van der Waals surface area contributed by atoms with Gasteiger partial charge < -0.3 is 15.3 Å². The molecular formula is C11H16ClF2N5O. The molecule has 1 aromatic heterocycles. The van der Waals surface area contributed by atoms with Crippen LogP contribution in [0, 0.1) is 0 Å². The summed E-state index contributed by atoms with van der Waals surface area (Å²) in [6, 6.07) is 0. The monoisotopic (exact) mass is 307 g/mol. The minimum absolute atomic E-state index is 0.00499. The van der Waals surface area contributed by atoms with Crippen molar-refractivity contribution in [3.8, 4) is 0 Å². The smallest absolute Gasteiger partial charge is 0.265 e. The molecule has 1 saturated heterocycles. The number of rotatable bonds is 5. The van der Waals surface area contributed by atoms with Gasteiger partial charge in [0.05, 0.1) is 0 Å². The molecule has 1 unspecified atom stereocenters. The van der Waals surface area contributed by atoms with Gasteiger partial charge in [0.2, 0.25) is 17.2 Å². The summed E-state index contributed by atoms with van der Waals surface area (Å²) in [5.41, 5.74) is 0. The lowest BCUT2D eigenvalue weighted by Crippen LogP contribution is -2.32. The Labute approximate surface area is 120 Å². The first-order chi connectivity index (χ1) is 9.56. The fourth-order valence-electron chi connectivity index (χ4n) is 1.94. The van der Waals surface area contributed by atoms with E-state index in [0.29, 0.717) is 5.95 Å². The Bertz CT molecular complexity index is 445. The van der Waals surface area contributed by atoms with Crippen LogP contribution in [0.3, 0.4) is 0 Å². The van der Waals surface area contributed by atoms with Crippen molar-refractivity contribution in [1.82, 2.24) is 15.0 Å². The molecule has 0 aromatic carbocycles. The van der Waals surface area contributed by atoms with Crippen LogP contribution in [0.15, 0.2) is 0 Å². The molecule has 6 nitrogen and oxygen atoms in total. The van der Waals surface area contributed by atoms with E-state index in [1.807, 2.05) is 4.90 Å². The van der Waals surface area contributed by atoms with Crippen LogP contribution in [-0.4, -0.2) is 52.2 Å². The van der Waals surface area contributed by atoms with E-state index >= 15 is 0 Å². The van der Waals surface area contributed by atoms with E-state index in [1.54, 1.807) is 0 Å². The van der Waals surface area contributed by atoms with E-state index in [0.717, 1.165) is 25.9 Å². The zero-order valence-electron chi connectivity index (χ0n) is 10.8. The number of aliphatic hydroxyl groups excluding tert-OH is 1. The number of halogens is 3. The van der Waals surface area contributed by atoms with Crippen LogP contribution in [0.5, 0.6) is 0 Å². The summed E-state index contributed by atoms with van der Waals surface area (Å²) in [7, 11) is 0. The largest absolute Gasteiger partial charge is 0.385 e. The number of hydrogen-bond donors (Lipinski definition) is 2. The van der Waals surface area contributed by atoms with Gasteiger partial charge in [-0.2, -0.15) is 15.0 Å². The number of nitrogens with zero attached hydrogens (tertiary/aromatic N) is 4. The normalized spacial score (nSPS) is 17.4. The highest BCUT2D eigenvalue weighted by molar-refractivity contribution is 6.28. The summed E-state index contributed by atoms with van der Waals surface area (Å²) in [5, 5.41) is 11.6. The fourth-order valence-corrected chi connectivity index (χ4v) is 2.09. The van der Waals surface area contributed by atoms with Crippen LogP contribution in [0.4, 0.5) is 20.7 Å². The molecule has 1 aromatic rings. The summed E-state index contributed by atoms with van der Waals surface area (Å²) < 4.78 is 24.4. The molecule has 2 heterocycles. The quantitative estimate of drug-likeness (QED) is 0.860. The number of hydrogen-bond acceptors (Lipinski definition) is 6. The zero-order valence-corrected chi connectivity index (χ0v) is 11.5. The summed E-state index contributed by atoms with van der Waals surface area (Å²) in [4.78, 5) is 14.0. The molecule has 9 heteroatoms. The first kappa shape index (κ1) is 15.1. The van der Waals surface area contributed by atoms with E-state index in [1.165, 1.54) is 6.42 Å². The molecule has 1 fully saturated rings. The topological polar surface area (TPSA) is 74.2 Å². The maximum Gasteiger partial charge on any atom is 0.265 e. The summed E-state index contributed by atoms with van der Waals surface area (Å²) in [6.07, 6.45) is -1.32. The lowest BCUT2D eigenvalue weighted by molar-refractivity contribution is 0.00376. The van der Waals surface area contributed by atoms with Crippen molar-refractivity contribution in [2.45, 2.75) is 31.8 Å². The average Bonchev–Trinajstić information content (AvgIpc) is 2.45. The highest BCUT2D eigenvalue weighted by atomic mass is 35.5. The van der Waals surface area contributed by atoms with Crippen LogP contribution < -0.4 is 10.2 Å². The van der Waals surface area contributed by atoms with Gasteiger partial charge in [0.25, 0.3) is 6.43 Å². The Morgan fingerprint density at radius 2 is 1.90 bits per heavy atom. The lowest BCUT2D eigenvalue weighted by atomic mass is 10.1. The number of aromatic nitrogens is 3. The Kier molecular flexibility index (Phi) is 5.24. The van der Waals surface area contributed by atoms with Crippen LogP contribution in [0.25, 0.3) is 0 Å². The maximum atomic E-state index is 12.2. The Morgan fingerprint density at radius 3 is 2.55 bits per heavy atom. The summed E-state index contributed by atoms with van der Waals surface area (Å²) in [5.74, 6) is 0.518. The number of piperidine rings is 1. The number of aliphatic hydroxyl groups is 1. The molecule has 0 saturated carbocycles. The minimum atomic E-state index is -2.82. The van der Waals surface area contributed by atoms with Crippen molar-refractivity contribution < 1.29 is 13.9 Å². The van der Waals surface area contributed by atoms with Crippen LogP contribution in [0.1, 0.15) is 19.3 Å². The molecule has 0 bridgehead atoms. The first-order valence-corrected chi connectivity index (χ1v) is 6.80. The van der Waals surface area contributed by atoms with E-state index in [9.17, 15) is 8.78 Å². The second-order valence-corrected chi connectivity index (χ2v) is 4.90. The molecule has 1 aliphatic heterocycles. The van der Waals surface area contributed by atoms with E-state index < -0.39 is 12.5 Å². The standard InChI is InChI=1S/C11H16ClF2N5O/c12-9-16-10(15-6-7(20)8(13)14)18-11(17-9)19-4-2-1-3-5-19/h7-8,20H,1-6H2,(H,15,16,17,18). The first-order valence-electron chi connectivity index (χ1n) is 6.43. The van der Waals surface area contributed by atoms with Gasteiger partial charge >= 0.3 is 0 Å². The Hall–Kier alpha value is -1.28. The Morgan fingerprint density at radius 1 is 1.20 bits per heavy atom. The molecule has 2 N–H and O–H groups in total. The SMILES string of the molecule is OC(CNc1nc(Cl)nc(N2CCCCC2)n1)C(F)F. The van der Waals surface area contributed by atoms with E-state index in [2.05, 4.69) is 20.3 Å². The van der Waals surface area contributed by atoms with Crippen LogP contribution in [-0.2, 0) is 0 Å². The van der Waals surface area contributed by atoms with Gasteiger partial charge in [-0.05, 0) is 30.9 Å². The third-order valence-electron chi connectivity index (χ3n) is 3.00. The molecule has 1 atom stereocenters. The molecule has 20 heavy (non-hydrogen) atoms. The highest BCUT2D eigenvalue weighted by Crippen LogP contribution is 2.18. The number of nitrogens with one attached hydrogen (secondary N) is 1. The van der Waals surface area contributed by atoms with Crippen LogP contribution >= 0.6 is 11.6 Å².